The number of ketones is 1. The Bertz CT molecular complexity index is 562. The van der Waals surface area contributed by atoms with Crippen LogP contribution in [-0.2, 0) is 4.74 Å². The van der Waals surface area contributed by atoms with Crippen LogP contribution in [0.2, 0.25) is 5.22 Å². The van der Waals surface area contributed by atoms with Crippen molar-refractivity contribution in [2.24, 2.45) is 0 Å². The van der Waals surface area contributed by atoms with Gasteiger partial charge in [-0.05, 0) is 35.9 Å². The Kier molecular flexibility index (Phi) is 4.60. The summed E-state index contributed by atoms with van der Waals surface area (Å²) in [6.45, 7) is 0.828. The van der Waals surface area contributed by atoms with Gasteiger partial charge in [-0.1, -0.05) is 12.1 Å². The van der Waals surface area contributed by atoms with Crippen molar-refractivity contribution in [1.29, 1.82) is 0 Å². The molecule has 2 rings (SSSR count). The number of carbonyl (C=O) groups excluding carboxylic acids is 1. The van der Waals surface area contributed by atoms with Gasteiger partial charge in [0.05, 0.1) is 12.2 Å². The Balaban J connectivity index is 2.21. The van der Waals surface area contributed by atoms with Crippen LogP contribution in [0.1, 0.15) is 16.1 Å². The highest BCUT2D eigenvalue weighted by molar-refractivity contribution is 6.29. The fourth-order valence-corrected chi connectivity index (χ4v) is 1.73. The zero-order chi connectivity index (χ0) is 13.7. The molecule has 1 heterocycles. The molecule has 5 heteroatoms. The van der Waals surface area contributed by atoms with Crippen molar-refractivity contribution in [3.05, 3.63) is 52.9 Å². The normalized spacial score (nSPS) is 10.4. The Morgan fingerprint density at radius 2 is 2.00 bits per heavy atom. The molecule has 0 N–H and O–H groups in total. The van der Waals surface area contributed by atoms with Gasteiger partial charge in [0.25, 0.3) is 0 Å². The van der Waals surface area contributed by atoms with E-state index >= 15 is 0 Å². The summed E-state index contributed by atoms with van der Waals surface area (Å²) in [4.78, 5) is 12.2. The Hall–Kier alpha value is -1.78. The first-order valence-electron chi connectivity index (χ1n) is 5.73. The number of hydrogen-bond donors (Lipinski definition) is 0. The molecule has 0 amide bonds. The molecular formula is C14H13ClO4. The van der Waals surface area contributed by atoms with Crippen molar-refractivity contribution in [2.45, 2.75) is 0 Å². The zero-order valence-corrected chi connectivity index (χ0v) is 11.1. The quantitative estimate of drug-likeness (QED) is 0.602. The standard InChI is InChI=1S/C14H13ClO4/c1-17-8-9-18-11-5-3-2-4-10(11)14(16)12-6-7-13(15)19-12/h2-7H,8-9H2,1H3. The Morgan fingerprint density at radius 1 is 1.21 bits per heavy atom. The second-order valence-corrected chi connectivity index (χ2v) is 4.14. The van der Waals surface area contributed by atoms with Crippen LogP contribution in [0.5, 0.6) is 5.75 Å². The number of para-hydroxylation sites is 1. The van der Waals surface area contributed by atoms with Crippen LogP contribution in [0.3, 0.4) is 0 Å². The van der Waals surface area contributed by atoms with Gasteiger partial charge in [-0.15, -0.1) is 0 Å². The van der Waals surface area contributed by atoms with Crippen LogP contribution in [0.25, 0.3) is 0 Å². The molecule has 4 nitrogen and oxygen atoms in total. The summed E-state index contributed by atoms with van der Waals surface area (Å²) in [5, 5.41) is 0.182. The summed E-state index contributed by atoms with van der Waals surface area (Å²) in [6.07, 6.45) is 0. The van der Waals surface area contributed by atoms with Gasteiger partial charge >= 0.3 is 0 Å². The number of benzene rings is 1. The maximum atomic E-state index is 12.2. The number of hydrogen-bond acceptors (Lipinski definition) is 4. The molecule has 0 spiro atoms. The minimum atomic E-state index is -0.264. The van der Waals surface area contributed by atoms with Crippen molar-refractivity contribution < 1.29 is 18.7 Å². The molecule has 0 bridgehead atoms. The highest BCUT2D eigenvalue weighted by Crippen LogP contribution is 2.23. The maximum absolute atomic E-state index is 12.2. The minimum Gasteiger partial charge on any atom is -0.490 e. The lowest BCUT2D eigenvalue weighted by Crippen LogP contribution is -2.08. The van der Waals surface area contributed by atoms with E-state index in [9.17, 15) is 4.79 Å². The third kappa shape index (κ3) is 3.36. The molecule has 0 fully saturated rings. The van der Waals surface area contributed by atoms with Crippen LogP contribution in [0.15, 0.2) is 40.8 Å². The predicted molar refractivity (Wildman–Crippen MR) is 71.0 cm³/mol. The summed E-state index contributed by atoms with van der Waals surface area (Å²) in [5.41, 5.74) is 0.435. The molecule has 0 aliphatic carbocycles. The molecule has 19 heavy (non-hydrogen) atoms. The van der Waals surface area contributed by atoms with E-state index in [1.54, 1.807) is 31.4 Å². The van der Waals surface area contributed by atoms with E-state index in [4.69, 9.17) is 25.5 Å². The molecule has 0 atom stereocenters. The first-order valence-corrected chi connectivity index (χ1v) is 6.11. The largest absolute Gasteiger partial charge is 0.490 e. The van der Waals surface area contributed by atoms with Gasteiger partial charge in [-0.3, -0.25) is 4.79 Å². The summed E-state index contributed by atoms with van der Waals surface area (Å²) < 4.78 is 15.5. The lowest BCUT2D eigenvalue weighted by molar-refractivity contribution is 0.100. The lowest BCUT2D eigenvalue weighted by atomic mass is 10.1. The minimum absolute atomic E-state index is 0.182. The maximum Gasteiger partial charge on any atom is 0.231 e. The van der Waals surface area contributed by atoms with E-state index in [-0.39, 0.29) is 16.8 Å². The van der Waals surface area contributed by atoms with Gasteiger partial charge in [0.1, 0.15) is 12.4 Å². The number of methoxy groups -OCH3 is 1. The van der Waals surface area contributed by atoms with E-state index in [0.717, 1.165) is 0 Å². The van der Waals surface area contributed by atoms with Crippen LogP contribution >= 0.6 is 11.6 Å². The van der Waals surface area contributed by atoms with Gasteiger partial charge in [-0.2, -0.15) is 0 Å². The van der Waals surface area contributed by atoms with E-state index in [1.165, 1.54) is 12.1 Å². The summed E-state index contributed by atoms with van der Waals surface area (Å²) >= 11 is 5.67. The van der Waals surface area contributed by atoms with E-state index < -0.39 is 0 Å². The molecule has 1 aromatic carbocycles. The SMILES string of the molecule is COCCOc1ccccc1C(=O)c1ccc(Cl)o1. The molecule has 0 aliphatic rings. The number of halogens is 1. The van der Waals surface area contributed by atoms with E-state index in [0.29, 0.717) is 24.5 Å². The molecule has 0 aliphatic heterocycles. The number of rotatable bonds is 6. The molecule has 0 unspecified atom stereocenters. The van der Waals surface area contributed by atoms with Crippen molar-refractivity contribution in [2.75, 3.05) is 20.3 Å². The Labute approximate surface area is 115 Å². The number of ether oxygens (including phenoxy) is 2. The molecule has 2 aromatic rings. The molecular weight excluding hydrogens is 268 g/mol. The highest BCUT2D eigenvalue weighted by Gasteiger charge is 2.17. The average molecular weight is 281 g/mol. The van der Waals surface area contributed by atoms with Gasteiger partial charge in [0.15, 0.2) is 11.0 Å². The van der Waals surface area contributed by atoms with Crippen molar-refractivity contribution in [3.63, 3.8) is 0 Å². The second kappa shape index (κ2) is 6.41. The predicted octanol–water partition coefficient (Wildman–Crippen LogP) is 3.19. The van der Waals surface area contributed by atoms with Crippen LogP contribution in [-0.4, -0.2) is 26.1 Å². The summed E-state index contributed by atoms with van der Waals surface area (Å²) in [6, 6.07) is 10.0. The fraction of sp³-hybridized carbons (Fsp3) is 0.214. The first kappa shape index (κ1) is 13.6. The van der Waals surface area contributed by atoms with Crippen molar-refractivity contribution in [1.82, 2.24) is 0 Å². The van der Waals surface area contributed by atoms with Crippen LogP contribution in [0.4, 0.5) is 0 Å². The fourth-order valence-electron chi connectivity index (χ4n) is 1.58. The zero-order valence-electron chi connectivity index (χ0n) is 10.4. The van der Waals surface area contributed by atoms with Gasteiger partial charge in [0.2, 0.25) is 5.78 Å². The molecule has 100 valence electrons. The molecule has 0 saturated carbocycles. The Morgan fingerprint density at radius 3 is 2.68 bits per heavy atom. The van der Waals surface area contributed by atoms with Gasteiger partial charge < -0.3 is 13.9 Å². The second-order valence-electron chi connectivity index (χ2n) is 3.77. The van der Waals surface area contributed by atoms with Crippen LogP contribution < -0.4 is 4.74 Å². The smallest absolute Gasteiger partial charge is 0.231 e. The number of furan rings is 1. The topological polar surface area (TPSA) is 48.7 Å². The first-order chi connectivity index (χ1) is 9.22. The lowest BCUT2D eigenvalue weighted by Gasteiger charge is -2.09. The third-order valence-electron chi connectivity index (χ3n) is 2.47. The van der Waals surface area contributed by atoms with Gasteiger partial charge in [-0.25, -0.2) is 0 Å². The average Bonchev–Trinajstić information content (AvgIpc) is 2.85. The van der Waals surface area contributed by atoms with Crippen LogP contribution in [0, 0.1) is 0 Å². The van der Waals surface area contributed by atoms with E-state index in [1.807, 2.05) is 0 Å². The van der Waals surface area contributed by atoms with Crippen molar-refractivity contribution in [3.8, 4) is 5.75 Å². The van der Waals surface area contributed by atoms with E-state index in [2.05, 4.69) is 0 Å². The van der Waals surface area contributed by atoms with Crippen molar-refractivity contribution >= 4 is 17.4 Å². The molecule has 0 radical (unpaired) electrons. The molecule has 0 saturated heterocycles. The molecule has 1 aromatic heterocycles. The monoisotopic (exact) mass is 280 g/mol. The summed E-state index contributed by atoms with van der Waals surface area (Å²) in [7, 11) is 1.59. The third-order valence-corrected chi connectivity index (χ3v) is 2.68. The number of carbonyl (C=O) groups is 1. The summed E-state index contributed by atoms with van der Waals surface area (Å²) in [5.74, 6) is 0.421. The van der Waals surface area contributed by atoms with Gasteiger partial charge in [0, 0.05) is 7.11 Å². The highest BCUT2D eigenvalue weighted by atomic mass is 35.5.